The molecule has 0 N–H and O–H groups in total. The monoisotopic (exact) mass is 260 g/mol. The molecule has 96 valence electrons. The molecule has 1 aliphatic rings. The summed E-state index contributed by atoms with van der Waals surface area (Å²) in [5.74, 6) is -1.91. The number of rotatable bonds is 4. The van der Waals surface area contributed by atoms with Crippen LogP contribution in [0.15, 0.2) is 0 Å². The zero-order valence-electron chi connectivity index (χ0n) is 9.01. The van der Waals surface area contributed by atoms with Gasteiger partial charge in [0.05, 0.1) is 6.61 Å². The second-order valence-corrected chi connectivity index (χ2v) is 6.24. The van der Waals surface area contributed by atoms with Gasteiger partial charge < -0.3 is 0 Å². The van der Waals surface area contributed by atoms with E-state index >= 15 is 0 Å². The van der Waals surface area contributed by atoms with E-state index in [4.69, 9.17) is 0 Å². The number of hydrogen-bond acceptors (Lipinski definition) is 3. The Bertz CT molecular complexity index is 328. The molecule has 1 fully saturated rings. The lowest BCUT2D eigenvalue weighted by atomic mass is 9.90. The number of hydrogen-bond donors (Lipinski definition) is 0. The molecular weight excluding hydrogens is 245 g/mol. The van der Waals surface area contributed by atoms with E-state index in [2.05, 4.69) is 4.18 Å². The standard InChI is InChI=1S/C9H15F3O3S/c1-8(4-2-3-5-8)6-15-16(13,14)7-9(10,11)12/h2-7H2,1H3. The molecule has 0 heterocycles. The second-order valence-electron chi connectivity index (χ2n) is 4.60. The second kappa shape index (κ2) is 4.52. The van der Waals surface area contributed by atoms with E-state index in [9.17, 15) is 21.6 Å². The molecule has 0 saturated heterocycles. The highest BCUT2D eigenvalue weighted by atomic mass is 32.2. The Morgan fingerprint density at radius 1 is 1.25 bits per heavy atom. The number of halogens is 3. The van der Waals surface area contributed by atoms with Gasteiger partial charge in [0.25, 0.3) is 10.1 Å². The summed E-state index contributed by atoms with van der Waals surface area (Å²) < 4.78 is 62.1. The fourth-order valence-electron chi connectivity index (χ4n) is 1.85. The molecule has 1 rings (SSSR count). The molecule has 0 aliphatic heterocycles. The SMILES string of the molecule is CC1(COS(=O)(=O)CC(F)(F)F)CCCC1. The Balaban J connectivity index is 2.48. The predicted molar refractivity (Wildman–Crippen MR) is 52.4 cm³/mol. The maximum absolute atomic E-state index is 11.9. The van der Waals surface area contributed by atoms with Crippen LogP contribution in [0.5, 0.6) is 0 Å². The topological polar surface area (TPSA) is 43.4 Å². The van der Waals surface area contributed by atoms with Gasteiger partial charge in [0.2, 0.25) is 0 Å². The summed E-state index contributed by atoms with van der Waals surface area (Å²) in [5, 5.41) is 0. The largest absolute Gasteiger partial charge is 0.405 e. The predicted octanol–water partition coefficient (Wildman–Crippen LogP) is 2.48. The van der Waals surface area contributed by atoms with Crippen LogP contribution < -0.4 is 0 Å². The highest BCUT2D eigenvalue weighted by molar-refractivity contribution is 7.86. The van der Waals surface area contributed by atoms with Gasteiger partial charge in [-0.15, -0.1) is 0 Å². The van der Waals surface area contributed by atoms with Crippen molar-refractivity contribution in [1.29, 1.82) is 0 Å². The normalized spacial score (nSPS) is 21.2. The van der Waals surface area contributed by atoms with Crippen LogP contribution in [0.3, 0.4) is 0 Å². The van der Waals surface area contributed by atoms with Crippen molar-refractivity contribution in [2.75, 3.05) is 12.4 Å². The van der Waals surface area contributed by atoms with Crippen molar-refractivity contribution in [3.8, 4) is 0 Å². The highest BCUT2D eigenvalue weighted by Gasteiger charge is 2.38. The van der Waals surface area contributed by atoms with E-state index in [0.717, 1.165) is 25.7 Å². The van der Waals surface area contributed by atoms with Gasteiger partial charge in [-0.3, -0.25) is 4.18 Å². The molecule has 16 heavy (non-hydrogen) atoms. The molecule has 0 aromatic carbocycles. The van der Waals surface area contributed by atoms with Crippen LogP contribution in [-0.2, 0) is 14.3 Å². The lowest BCUT2D eigenvalue weighted by Gasteiger charge is -2.22. The van der Waals surface area contributed by atoms with Gasteiger partial charge in [-0.25, -0.2) is 0 Å². The quantitative estimate of drug-likeness (QED) is 0.729. The molecule has 0 amide bonds. The van der Waals surface area contributed by atoms with Gasteiger partial charge in [0, 0.05) is 0 Å². The lowest BCUT2D eigenvalue weighted by molar-refractivity contribution is -0.107. The third-order valence-electron chi connectivity index (χ3n) is 2.74. The van der Waals surface area contributed by atoms with Crippen LogP contribution in [0.4, 0.5) is 13.2 Å². The Morgan fingerprint density at radius 2 is 1.75 bits per heavy atom. The van der Waals surface area contributed by atoms with Crippen LogP contribution >= 0.6 is 0 Å². The zero-order chi connectivity index (χ0) is 12.4. The van der Waals surface area contributed by atoms with Crippen LogP contribution in [0.2, 0.25) is 0 Å². The van der Waals surface area contributed by atoms with E-state index in [1.54, 1.807) is 0 Å². The average molecular weight is 260 g/mol. The summed E-state index contributed by atoms with van der Waals surface area (Å²) in [5.41, 5.74) is -0.293. The summed E-state index contributed by atoms with van der Waals surface area (Å²) in [6.45, 7) is 1.69. The average Bonchev–Trinajstić information content (AvgIpc) is 2.46. The Morgan fingerprint density at radius 3 is 2.19 bits per heavy atom. The first kappa shape index (κ1) is 13.8. The minimum Gasteiger partial charge on any atom is -0.269 e. The van der Waals surface area contributed by atoms with Crippen LogP contribution in [0, 0.1) is 5.41 Å². The fourth-order valence-corrected chi connectivity index (χ4v) is 2.80. The molecule has 1 saturated carbocycles. The zero-order valence-corrected chi connectivity index (χ0v) is 9.83. The summed E-state index contributed by atoms with van der Waals surface area (Å²) in [7, 11) is -4.49. The van der Waals surface area contributed by atoms with E-state index in [1.165, 1.54) is 0 Å². The van der Waals surface area contributed by atoms with Crippen LogP contribution in [0.1, 0.15) is 32.6 Å². The lowest BCUT2D eigenvalue weighted by Crippen LogP contribution is -2.28. The fraction of sp³-hybridized carbons (Fsp3) is 1.00. The van der Waals surface area contributed by atoms with Gasteiger partial charge in [-0.2, -0.15) is 21.6 Å². The molecule has 0 radical (unpaired) electrons. The first-order chi connectivity index (χ1) is 7.12. The minimum atomic E-state index is -4.74. The van der Waals surface area contributed by atoms with Gasteiger partial charge in [-0.1, -0.05) is 19.8 Å². The molecule has 0 atom stereocenters. The van der Waals surface area contributed by atoms with Crippen molar-refractivity contribution >= 4 is 10.1 Å². The highest BCUT2D eigenvalue weighted by Crippen LogP contribution is 2.38. The first-order valence-electron chi connectivity index (χ1n) is 5.06. The summed E-state index contributed by atoms with van der Waals surface area (Å²) >= 11 is 0. The van der Waals surface area contributed by atoms with Gasteiger partial charge in [-0.05, 0) is 18.3 Å². The molecule has 3 nitrogen and oxygen atoms in total. The van der Waals surface area contributed by atoms with Crippen LogP contribution in [0.25, 0.3) is 0 Å². The van der Waals surface area contributed by atoms with Gasteiger partial charge >= 0.3 is 6.18 Å². The summed E-state index contributed by atoms with van der Waals surface area (Å²) in [6.07, 6.45) is -1.20. The van der Waals surface area contributed by atoms with E-state index < -0.39 is 22.0 Å². The molecular formula is C9H15F3O3S. The third-order valence-corrected chi connectivity index (χ3v) is 3.90. The molecule has 0 aromatic heterocycles. The Kier molecular flexibility index (Phi) is 3.89. The molecule has 0 unspecified atom stereocenters. The maximum atomic E-state index is 11.9. The van der Waals surface area contributed by atoms with Crippen molar-refractivity contribution in [1.82, 2.24) is 0 Å². The Hall–Kier alpha value is -0.300. The maximum Gasteiger partial charge on any atom is 0.405 e. The molecule has 0 spiro atoms. The number of alkyl halides is 3. The molecule has 1 aliphatic carbocycles. The Labute approximate surface area is 93.1 Å². The van der Waals surface area contributed by atoms with Crippen molar-refractivity contribution in [3.05, 3.63) is 0 Å². The van der Waals surface area contributed by atoms with Crippen LogP contribution in [-0.4, -0.2) is 27.0 Å². The van der Waals surface area contributed by atoms with Crippen molar-refractivity contribution in [2.45, 2.75) is 38.8 Å². The third kappa shape index (κ3) is 4.69. The van der Waals surface area contributed by atoms with E-state index in [-0.39, 0.29) is 12.0 Å². The van der Waals surface area contributed by atoms with Gasteiger partial charge in [0.15, 0.2) is 5.75 Å². The summed E-state index contributed by atoms with van der Waals surface area (Å²) in [6, 6.07) is 0. The van der Waals surface area contributed by atoms with Crippen molar-refractivity contribution < 1.29 is 25.8 Å². The van der Waals surface area contributed by atoms with Crippen molar-refractivity contribution in [2.24, 2.45) is 5.41 Å². The molecule has 7 heteroatoms. The first-order valence-corrected chi connectivity index (χ1v) is 6.64. The minimum absolute atomic E-state index is 0.147. The van der Waals surface area contributed by atoms with Crippen molar-refractivity contribution in [3.63, 3.8) is 0 Å². The van der Waals surface area contributed by atoms with Gasteiger partial charge in [0.1, 0.15) is 0 Å². The summed E-state index contributed by atoms with van der Waals surface area (Å²) in [4.78, 5) is 0. The smallest absolute Gasteiger partial charge is 0.269 e. The van der Waals surface area contributed by atoms with E-state index in [0.29, 0.717) is 0 Å². The molecule has 0 aromatic rings. The molecule has 0 bridgehead atoms. The van der Waals surface area contributed by atoms with E-state index in [1.807, 2.05) is 6.92 Å².